The van der Waals surface area contributed by atoms with Gasteiger partial charge in [-0.2, -0.15) is 18.2 Å². The molecule has 204 valence electrons. The topological polar surface area (TPSA) is 103 Å². The fourth-order valence-corrected chi connectivity index (χ4v) is 4.07. The van der Waals surface area contributed by atoms with E-state index in [1.165, 1.54) is 10.8 Å². The van der Waals surface area contributed by atoms with Crippen LogP contribution in [-0.2, 0) is 28.7 Å². The summed E-state index contributed by atoms with van der Waals surface area (Å²) in [5, 5.41) is 11.0. The summed E-state index contributed by atoms with van der Waals surface area (Å²) in [5.41, 5.74) is 6.86. The molecule has 38 heavy (non-hydrogen) atoms. The van der Waals surface area contributed by atoms with Gasteiger partial charge in [-0.05, 0) is 28.5 Å². The van der Waals surface area contributed by atoms with E-state index in [0.29, 0.717) is 11.1 Å². The van der Waals surface area contributed by atoms with Crippen molar-refractivity contribution in [1.29, 1.82) is 0 Å². The third kappa shape index (κ3) is 6.35. The van der Waals surface area contributed by atoms with Gasteiger partial charge in [0.2, 0.25) is 5.62 Å². The lowest BCUT2D eigenvalue weighted by Gasteiger charge is -2.28. The monoisotopic (exact) mass is 530 g/mol. The highest BCUT2D eigenvalue weighted by Gasteiger charge is 2.39. The predicted molar refractivity (Wildman–Crippen MR) is 139 cm³/mol. The normalized spacial score (nSPS) is 13.1. The van der Waals surface area contributed by atoms with Crippen LogP contribution in [0.15, 0.2) is 53.7 Å². The van der Waals surface area contributed by atoms with Gasteiger partial charge in [0.05, 0.1) is 13.1 Å². The van der Waals surface area contributed by atoms with E-state index >= 15 is 0 Å². The van der Waals surface area contributed by atoms with Gasteiger partial charge in [-0.3, -0.25) is 14.2 Å². The number of alkyl halides is 3. The Balaban J connectivity index is 2.16. The molecule has 0 saturated carbocycles. The van der Waals surface area contributed by atoms with Crippen LogP contribution in [0.2, 0.25) is 0 Å². The molecule has 0 spiro atoms. The Morgan fingerprint density at radius 1 is 0.947 bits per heavy atom. The third-order valence-electron chi connectivity index (χ3n) is 6.09. The van der Waals surface area contributed by atoms with E-state index in [-0.39, 0.29) is 23.7 Å². The van der Waals surface area contributed by atoms with Gasteiger partial charge in [-0.25, -0.2) is 0 Å². The highest BCUT2D eigenvalue weighted by Crippen LogP contribution is 2.40. The number of phenolic OH excluding ortho intramolecular Hbond substituents is 1. The minimum Gasteiger partial charge on any atom is -0.507 e. The molecule has 3 aromatic rings. The third-order valence-corrected chi connectivity index (χ3v) is 6.09. The number of hydrogen-bond acceptors (Lipinski definition) is 4. The Labute approximate surface area is 219 Å². The average molecular weight is 531 g/mol. The Bertz CT molecular complexity index is 1390. The molecule has 3 N–H and O–H groups in total. The quantitative estimate of drug-likeness (QED) is 0.449. The van der Waals surface area contributed by atoms with Crippen molar-refractivity contribution in [3.05, 3.63) is 76.5 Å². The maximum Gasteiger partial charge on any atom is 0.473 e. The van der Waals surface area contributed by atoms with Gasteiger partial charge >= 0.3 is 12.1 Å². The highest BCUT2D eigenvalue weighted by atomic mass is 19.4. The molecule has 0 aliphatic carbocycles. The van der Waals surface area contributed by atoms with E-state index in [4.69, 9.17) is 5.73 Å². The number of phenols is 1. The summed E-state index contributed by atoms with van der Waals surface area (Å²) in [6, 6.07) is 12.0. The van der Waals surface area contributed by atoms with Crippen molar-refractivity contribution in [3.63, 3.8) is 0 Å². The van der Waals surface area contributed by atoms with Crippen LogP contribution in [0.3, 0.4) is 0 Å². The molecule has 0 radical (unpaired) electrons. The zero-order valence-corrected chi connectivity index (χ0v) is 22.3. The van der Waals surface area contributed by atoms with Gasteiger partial charge in [0.15, 0.2) is 5.78 Å². The molecular formula is C28H33F3N4O3. The average Bonchev–Trinajstić information content (AvgIpc) is 3.06. The van der Waals surface area contributed by atoms with Crippen molar-refractivity contribution in [2.24, 2.45) is 4.99 Å². The number of rotatable bonds is 5. The number of carbonyl (C=O) groups is 2. The molecule has 0 saturated heterocycles. The van der Waals surface area contributed by atoms with E-state index in [9.17, 15) is 27.9 Å². The van der Waals surface area contributed by atoms with Gasteiger partial charge < -0.3 is 15.4 Å². The van der Waals surface area contributed by atoms with Crippen LogP contribution in [0, 0.1) is 0 Å². The first-order valence-corrected chi connectivity index (χ1v) is 12.1. The second-order valence-electron chi connectivity index (χ2n) is 11.3. The molecule has 0 aliphatic heterocycles. The Morgan fingerprint density at radius 3 is 1.95 bits per heavy atom. The first-order valence-electron chi connectivity index (χ1n) is 12.1. The Hall–Kier alpha value is -3.82. The molecule has 1 heterocycles. The maximum atomic E-state index is 13.5. The molecule has 1 aromatic heterocycles. The number of ketones is 1. The summed E-state index contributed by atoms with van der Waals surface area (Å²) in [4.78, 5) is 28.7. The molecule has 0 bridgehead atoms. The predicted octanol–water partition coefficient (Wildman–Crippen LogP) is 5.09. The van der Waals surface area contributed by atoms with Crippen molar-refractivity contribution < 1.29 is 27.9 Å². The largest absolute Gasteiger partial charge is 0.507 e. The number of carbonyl (C=O) groups excluding carboxylic acids is 2. The SMILES string of the molecule is CC(C)(C)c1cc(C(=O)Cn2c(N)cn(Cc3ccccc3)/c2=N/C(=O)C(F)(F)F)cc(C(C)(C)C)c1O. The molecule has 1 amide bonds. The number of aromatic nitrogens is 2. The lowest BCUT2D eigenvalue weighted by atomic mass is 9.78. The first-order chi connectivity index (χ1) is 17.4. The smallest absolute Gasteiger partial charge is 0.473 e. The summed E-state index contributed by atoms with van der Waals surface area (Å²) in [5.74, 6) is -2.71. The number of Topliss-reactive ketones (excluding diaryl/α,β-unsaturated/α-hetero) is 1. The minimum absolute atomic E-state index is 0.0335. The molecule has 2 aromatic carbocycles. The summed E-state index contributed by atoms with van der Waals surface area (Å²) in [6.45, 7) is 11.0. The van der Waals surface area contributed by atoms with Gasteiger partial charge in [0.1, 0.15) is 11.6 Å². The summed E-state index contributed by atoms with van der Waals surface area (Å²) in [6.07, 6.45) is -3.85. The highest BCUT2D eigenvalue weighted by molar-refractivity contribution is 5.97. The van der Waals surface area contributed by atoms with Crippen molar-refractivity contribution in [2.75, 3.05) is 5.73 Å². The van der Waals surface area contributed by atoms with E-state index in [1.807, 2.05) is 41.5 Å². The van der Waals surface area contributed by atoms with E-state index < -0.39 is 40.9 Å². The Morgan fingerprint density at radius 2 is 1.47 bits per heavy atom. The van der Waals surface area contributed by atoms with Crippen LogP contribution in [0.25, 0.3) is 0 Å². The van der Waals surface area contributed by atoms with E-state index in [2.05, 4.69) is 4.99 Å². The fourth-order valence-electron chi connectivity index (χ4n) is 4.07. The fraction of sp³-hybridized carbons (Fsp3) is 0.393. The number of hydrogen-bond donors (Lipinski definition) is 2. The summed E-state index contributed by atoms with van der Waals surface area (Å²) in [7, 11) is 0. The lowest BCUT2D eigenvalue weighted by molar-refractivity contribution is -0.169. The number of halogens is 3. The van der Waals surface area contributed by atoms with Crippen LogP contribution in [-0.4, -0.2) is 32.1 Å². The number of aromatic hydroxyl groups is 1. The van der Waals surface area contributed by atoms with Gasteiger partial charge in [-0.15, -0.1) is 0 Å². The van der Waals surface area contributed by atoms with Crippen LogP contribution in [0.1, 0.15) is 68.6 Å². The Kier molecular flexibility index (Phi) is 7.68. The van der Waals surface area contributed by atoms with Gasteiger partial charge in [0.25, 0.3) is 0 Å². The number of nitrogens with zero attached hydrogens (tertiary/aromatic N) is 3. The molecular weight excluding hydrogens is 497 g/mol. The zero-order chi connectivity index (χ0) is 28.6. The van der Waals surface area contributed by atoms with Crippen molar-refractivity contribution >= 4 is 17.5 Å². The second-order valence-corrected chi connectivity index (χ2v) is 11.3. The second kappa shape index (κ2) is 10.2. The molecule has 0 fully saturated rings. The molecule has 0 atom stereocenters. The van der Waals surface area contributed by atoms with Crippen molar-refractivity contribution in [1.82, 2.24) is 9.13 Å². The molecule has 0 aliphatic rings. The standard InChI is InChI=1S/C28H33F3N4O3/c1-26(2,3)19-12-18(13-20(23(19)37)27(4,5)6)21(36)15-35-22(32)16-34(14-17-10-8-7-9-11-17)25(35)33-24(38)28(29,30)31/h7-13,16,37H,14-15,32H2,1-6H3/b33-25-. The van der Waals surface area contributed by atoms with Crippen LogP contribution < -0.4 is 11.4 Å². The van der Waals surface area contributed by atoms with Crippen molar-refractivity contribution in [2.45, 2.75) is 71.6 Å². The first kappa shape index (κ1) is 28.7. The number of anilines is 1. The molecule has 10 heteroatoms. The summed E-state index contributed by atoms with van der Waals surface area (Å²) >= 11 is 0. The lowest BCUT2D eigenvalue weighted by Crippen LogP contribution is -2.33. The number of imidazole rings is 1. The van der Waals surface area contributed by atoms with Gasteiger partial charge in [0, 0.05) is 22.9 Å². The van der Waals surface area contributed by atoms with Crippen LogP contribution in [0.4, 0.5) is 19.0 Å². The van der Waals surface area contributed by atoms with E-state index in [1.54, 1.807) is 42.5 Å². The minimum atomic E-state index is -5.20. The zero-order valence-electron chi connectivity index (χ0n) is 22.3. The number of nitrogen functional groups attached to an aromatic ring is 1. The van der Waals surface area contributed by atoms with Gasteiger partial charge in [-0.1, -0.05) is 71.9 Å². The van der Waals surface area contributed by atoms with E-state index in [0.717, 1.165) is 10.1 Å². The van der Waals surface area contributed by atoms with Crippen LogP contribution in [0.5, 0.6) is 5.75 Å². The summed E-state index contributed by atoms with van der Waals surface area (Å²) < 4.78 is 41.8. The molecule has 7 nitrogen and oxygen atoms in total. The van der Waals surface area contributed by atoms with Crippen molar-refractivity contribution in [3.8, 4) is 5.75 Å². The number of benzene rings is 2. The number of amides is 1. The van der Waals surface area contributed by atoms with Crippen LogP contribution >= 0.6 is 0 Å². The molecule has 0 unspecified atom stereocenters. The molecule has 3 rings (SSSR count). The maximum absolute atomic E-state index is 13.5. The number of nitrogens with two attached hydrogens (primary N) is 1.